The molecule has 1 aromatic heterocycles. The zero-order valence-corrected chi connectivity index (χ0v) is 15.3. The number of hydrogen-bond acceptors (Lipinski definition) is 5. The molecule has 1 aliphatic carbocycles. The molecule has 132 valence electrons. The highest BCUT2D eigenvalue weighted by Crippen LogP contribution is 2.38. The smallest absolute Gasteiger partial charge is 0.341 e. The fourth-order valence-electron chi connectivity index (χ4n) is 3.08. The van der Waals surface area contributed by atoms with Crippen LogP contribution in [0.1, 0.15) is 39.2 Å². The molecule has 0 spiro atoms. The first kappa shape index (κ1) is 17.5. The first-order chi connectivity index (χ1) is 12.1. The minimum atomic E-state index is -0.374. The fraction of sp³-hybridized carbons (Fsp3) is 0.368. The number of esters is 1. The van der Waals surface area contributed by atoms with Crippen molar-refractivity contribution in [3.05, 3.63) is 45.8 Å². The van der Waals surface area contributed by atoms with Gasteiger partial charge < -0.3 is 15.4 Å². The molecule has 0 unspecified atom stereocenters. The van der Waals surface area contributed by atoms with Crippen molar-refractivity contribution in [2.24, 2.45) is 0 Å². The molecule has 0 saturated carbocycles. The lowest BCUT2D eigenvalue weighted by Gasteiger charge is -2.12. The van der Waals surface area contributed by atoms with Crippen molar-refractivity contribution < 1.29 is 14.3 Å². The summed E-state index contributed by atoms with van der Waals surface area (Å²) in [6, 6.07) is 7.85. The summed E-state index contributed by atoms with van der Waals surface area (Å²) in [7, 11) is 1.38. The Morgan fingerprint density at radius 3 is 2.80 bits per heavy atom. The molecule has 0 radical (unpaired) electrons. The number of carbonyl (C=O) groups is 2. The number of thiophene rings is 1. The Kier molecular flexibility index (Phi) is 5.38. The van der Waals surface area contributed by atoms with Gasteiger partial charge in [0.15, 0.2) is 0 Å². The third kappa shape index (κ3) is 4.02. The van der Waals surface area contributed by atoms with E-state index in [0.29, 0.717) is 10.6 Å². The number of rotatable bonds is 5. The van der Waals surface area contributed by atoms with E-state index in [1.54, 1.807) is 0 Å². The maximum Gasteiger partial charge on any atom is 0.341 e. The topological polar surface area (TPSA) is 67.4 Å². The lowest BCUT2D eigenvalue weighted by atomic mass is 9.95. The van der Waals surface area contributed by atoms with Crippen LogP contribution in [0.25, 0.3) is 0 Å². The first-order valence-electron chi connectivity index (χ1n) is 8.41. The summed E-state index contributed by atoms with van der Waals surface area (Å²) in [5.74, 6) is -0.549. The Morgan fingerprint density at radius 2 is 2.04 bits per heavy atom. The van der Waals surface area contributed by atoms with Crippen LogP contribution in [0.15, 0.2) is 24.3 Å². The van der Waals surface area contributed by atoms with Gasteiger partial charge in [-0.05, 0) is 55.9 Å². The molecule has 1 heterocycles. The second-order valence-corrected chi connectivity index (χ2v) is 7.28. The van der Waals surface area contributed by atoms with Crippen molar-refractivity contribution in [3.63, 3.8) is 0 Å². The van der Waals surface area contributed by atoms with Crippen molar-refractivity contribution in [1.29, 1.82) is 0 Å². The van der Waals surface area contributed by atoms with Crippen LogP contribution < -0.4 is 10.6 Å². The van der Waals surface area contributed by atoms with E-state index in [0.717, 1.165) is 42.5 Å². The summed E-state index contributed by atoms with van der Waals surface area (Å²) in [6.45, 7) is 2.15. The highest BCUT2D eigenvalue weighted by atomic mass is 32.1. The van der Waals surface area contributed by atoms with Crippen LogP contribution in [0.5, 0.6) is 0 Å². The number of hydrogen-bond donors (Lipinski definition) is 2. The van der Waals surface area contributed by atoms with Crippen molar-refractivity contribution >= 4 is 33.9 Å². The van der Waals surface area contributed by atoms with Gasteiger partial charge in [-0.15, -0.1) is 11.3 Å². The quantitative estimate of drug-likeness (QED) is 0.799. The molecule has 5 nitrogen and oxygen atoms in total. The van der Waals surface area contributed by atoms with E-state index in [1.807, 2.05) is 31.2 Å². The molecular formula is C19H22N2O3S. The number of amides is 1. The predicted molar refractivity (Wildman–Crippen MR) is 101 cm³/mol. The lowest BCUT2D eigenvalue weighted by molar-refractivity contribution is -0.114. The second kappa shape index (κ2) is 7.70. The van der Waals surface area contributed by atoms with Crippen molar-refractivity contribution in [2.75, 3.05) is 24.3 Å². The third-order valence-corrected chi connectivity index (χ3v) is 5.49. The van der Waals surface area contributed by atoms with Gasteiger partial charge in [-0.1, -0.05) is 12.1 Å². The summed E-state index contributed by atoms with van der Waals surface area (Å²) >= 11 is 1.50. The molecule has 0 aliphatic heterocycles. The van der Waals surface area contributed by atoms with E-state index in [-0.39, 0.29) is 18.4 Å². The fourth-order valence-corrected chi connectivity index (χ4v) is 4.37. The zero-order valence-electron chi connectivity index (χ0n) is 14.5. The van der Waals surface area contributed by atoms with Gasteiger partial charge in [0.1, 0.15) is 5.00 Å². The Morgan fingerprint density at radius 1 is 1.24 bits per heavy atom. The second-order valence-electron chi connectivity index (χ2n) is 6.18. The van der Waals surface area contributed by atoms with Crippen molar-refractivity contribution in [3.8, 4) is 0 Å². The Bertz CT molecular complexity index is 798. The SMILES string of the molecule is COC(=O)c1c(NC(=O)CNc2cccc(C)c2)sc2c1CCCC2. The largest absolute Gasteiger partial charge is 0.465 e. The van der Waals surface area contributed by atoms with Gasteiger partial charge in [0.25, 0.3) is 0 Å². The molecule has 1 aliphatic rings. The van der Waals surface area contributed by atoms with Crippen LogP contribution in [-0.2, 0) is 22.4 Å². The molecule has 0 bridgehead atoms. The molecule has 2 aromatic rings. The highest BCUT2D eigenvalue weighted by molar-refractivity contribution is 7.17. The molecule has 1 aromatic carbocycles. The van der Waals surface area contributed by atoms with Gasteiger partial charge in [0.2, 0.25) is 5.91 Å². The first-order valence-corrected chi connectivity index (χ1v) is 9.23. The van der Waals surface area contributed by atoms with E-state index in [2.05, 4.69) is 10.6 Å². The van der Waals surface area contributed by atoms with E-state index in [1.165, 1.54) is 23.3 Å². The molecular weight excluding hydrogens is 336 g/mol. The number of ether oxygens (including phenoxy) is 1. The number of methoxy groups -OCH3 is 1. The number of carbonyl (C=O) groups excluding carboxylic acids is 2. The lowest BCUT2D eigenvalue weighted by Crippen LogP contribution is -2.22. The normalized spacial score (nSPS) is 13.0. The van der Waals surface area contributed by atoms with Gasteiger partial charge in [-0.25, -0.2) is 4.79 Å². The number of nitrogens with one attached hydrogen (secondary N) is 2. The third-order valence-electron chi connectivity index (χ3n) is 4.28. The maximum absolute atomic E-state index is 12.3. The number of fused-ring (bicyclic) bond motifs is 1. The molecule has 25 heavy (non-hydrogen) atoms. The van der Waals surface area contributed by atoms with Crippen LogP contribution in [0, 0.1) is 6.92 Å². The zero-order chi connectivity index (χ0) is 17.8. The van der Waals surface area contributed by atoms with Gasteiger partial charge >= 0.3 is 5.97 Å². The molecule has 2 N–H and O–H groups in total. The van der Waals surface area contributed by atoms with Crippen LogP contribution in [-0.4, -0.2) is 25.5 Å². The van der Waals surface area contributed by atoms with E-state index in [9.17, 15) is 9.59 Å². The standard InChI is InChI=1S/C19H22N2O3S/c1-12-6-5-7-13(10-12)20-11-16(22)21-18-17(19(23)24-2)14-8-3-4-9-15(14)25-18/h5-7,10,20H,3-4,8-9,11H2,1-2H3,(H,21,22). The van der Waals surface area contributed by atoms with Gasteiger partial charge in [-0.2, -0.15) is 0 Å². The van der Waals surface area contributed by atoms with Gasteiger partial charge in [-0.3, -0.25) is 4.79 Å². The van der Waals surface area contributed by atoms with E-state index >= 15 is 0 Å². The Labute approximate surface area is 151 Å². The molecule has 0 saturated heterocycles. The average molecular weight is 358 g/mol. The van der Waals surface area contributed by atoms with Gasteiger partial charge in [0.05, 0.1) is 19.2 Å². The van der Waals surface area contributed by atoms with E-state index < -0.39 is 0 Å². The minimum absolute atomic E-state index is 0.145. The van der Waals surface area contributed by atoms with Gasteiger partial charge in [0, 0.05) is 10.6 Å². The van der Waals surface area contributed by atoms with Crippen molar-refractivity contribution in [1.82, 2.24) is 0 Å². The molecule has 1 amide bonds. The average Bonchev–Trinajstić information content (AvgIpc) is 2.97. The molecule has 3 rings (SSSR count). The Balaban J connectivity index is 1.72. The maximum atomic E-state index is 12.3. The predicted octanol–water partition coefficient (Wildman–Crippen LogP) is 3.77. The molecule has 0 fully saturated rings. The molecule has 6 heteroatoms. The summed E-state index contributed by atoms with van der Waals surface area (Å²) in [5, 5.41) is 6.60. The van der Waals surface area contributed by atoms with Crippen molar-refractivity contribution in [2.45, 2.75) is 32.6 Å². The summed E-state index contributed by atoms with van der Waals surface area (Å²) < 4.78 is 4.93. The highest BCUT2D eigenvalue weighted by Gasteiger charge is 2.26. The minimum Gasteiger partial charge on any atom is -0.465 e. The molecule has 0 atom stereocenters. The van der Waals surface area contributed by atoms with Crippen LogP contribution in [0.3, 0.4) is 0 Å². The van der Waals surface area contributed by atoms with Crippen LogP contribution >= 0.6 is 11.3 Å². The Hall–Kier alpha value is -2.34. The van der Waals surface area contributed by atoms with Crippen LogP contribution in [0.2, 0.25) is 0 Å². The number of aryl methyl sites for hydroxylation is 2. The number of anilines is 2. The number of benzene rings is 1. The summed E-state index contributed by atoms with van der Waals surface area (Å²) in [4.78, 5) is 25.7. The summed E-state index contributed by atoms with van der Waals surface area (Å²) in [6.07, 6.45) is 4.02. The summed E-state index contributed by atoms with van der Waals surface area (Å²) in [5.41, 5.74) is 3.61. The monoisotopic (exact) mass is 358 g/mol. The van der Waals surface area contributed by atoms with Crippen LogP contribution in [0.4, 0.5) is 10.7 Å². The van der Waals surface area contributed by atoms with E-state index in [4.69, 9.17) is 4.74 Å².